The molecule has 26 heavy (non-hydrogen) atoms. The van der Waals surface area contributed by atoms with Crippen molar-refractivity contribution >= 4 is 0 Å². The van der Waals surface area contributed by atoms with Crippen molar-refractivity contribution in [2.45, 2.75) is 79.1 Å². The van der Waals surface area contributed by atoms with E-state index in [2.05, 4.69) is 41.8 Å². The monoisotopic (exact) mass is 366 g/mol. The highest BCUT2D eigenvalue weighted by atomic mass is 15.4. The van der Waals surface area contributed by atoms with E-state index in [-0.39, 0.29) is 0 Å². The lowest BCUT2D eigenvalue weighted by Crippen LogP contribution is -2.43. The lowest BCUT2D eigenvalue weighted by atomic mass is 9.92. The van der Waals surface area contributed by atoms with E-state index < -0.39 is 0 Å². The second kappa shape index (κ2) is 9.92. The molecule has 0 saturated carbocycles. The number of hydrogen-bond donors (Lipinski definition) is 0. The van der Waals surface area contributed by atoms with E-state index in [1.54, 1.807) is 0 Å². The summed E-state index contributed by atoms with van der Waals surface area (Å²) in [6, 6.07) is 0. The Kier molecular flexibility index (Phi) is 8.47. The van der Waals surface area contributed by atoms with Gasteiger partial charge < -0.3 is 8.97 Å². The summed E-state index contributed by atoms with van der Waals surface area (Å²) < 4.78 is 2.72. The van der Waals surface area contributed by atoms with Gasteiger partial charge in [-0.15, -0.1) is 0 Å². The lowest BCUT2D eigenvalue weighted by Gasteiger charge is -2.31. The number of rotatable bonds is 11. The normalized spacial score (nSPS) is 40.4. The van der Waals surface area contributed by atoms with Crippen molar-refractivity contribution < 1.29 is 8.97 Å². The third kappa shape index (κ3) is 5.71. The first-order valence-electron chi connectivity index (χ1n) is 12.1. The van der Waals surface area contributed by atoms with Crippen molar-refractivity contribution in [1.29, 1.82) is 0 Å². The molecule has 0 aromatic carbocycles. The van der Waals surface area contributed by atoms with Crippen LogP contribution >= 0.6 is 0 Å². The molecule has 2 fully saturated rings. The lowest BCUT2D eigenvalue weighted by molar-refractivity contribution is -0.901. The smallest absolute Gasteiger partial charge is 0.0818 e. The van der Waals surface area contributed by atoms with Crippen LogP contribution in [0.4, 0.5) is 0 Å². The summed E-state index contributed by atoms with van der Waals surface area (Å²) in [4.78, 5) is 0. The summed E-state index contributed by atoms with van der Waals surface area (Å²) in [5, 5.41) is 0. The van der Waals surface area contributed by atoms with E-state index >= 15 is 0 Å². The van der Waals surface area contributed by atoms with Crippen molar-refractivity contribution in [2.75, 3.05) is 53.4 Å². The Bertz CT molecular complexity index is 343. The maximum atomic E-state index is 2.53. The molecule has 2 saturated heterocycles. The molecular weight excluding hydrogens is 316 g/mol. The summed E-state index contributed by atoms with van der Waals surface area (Å²) >= 11 is 0. The van der Waals surface area contributed by atoms with Crippen LogP contribution in [0.15, 0.2) is 0 Å². The average Bonchev–Trinajstić information content (AvgIpc) is 3.14. The fourth-order valence-corrected chi connectivity index (χ4v) is 6.57. The zero-order chi connectivity index (χ0) is 19.2. The van der Waals surface area contributed by atoms with Crippen molar-refractivity contribution in [3.63, 3.8) is 0 Å². The Labute approximate surface area is 165 Å². The number of hydrogen-bond acceptors (Lipinski definition) is 0. The maximum Gasteiger partial charge on any atom is 0.0818 e. The van der Waals surface area contributed by atoms with Gasteiger partial charge in [0.15, 0.2) is 0 Å². The Morgan fingerprint density at radius 2 is 0.769 bits per heavy atom. The topological polar surface area (TPSA) is 0 Å². The number of likely N-dealkylation sites (tertiary alicyclic amines) is 2. The number of quaternary nitrogens is 2. The first kappa shape index (κ1) is 22.2. The molecule has 2 aliphatic rings. The highest BCUT2D eigenvalue weighted by Gasteiger charge is 2.41. The van der Waals surface area contributed by atoms with Gasteiger partial charge in [-0.1, -0.05) is 27.7 Å². The molecule has 4 unspecified atom stereocenters. The van der Waals surface area contributed by atoms with Crippen LogP contribution in [0.5, 0.6) is 0 Å². The summed E-state index contributed by atoms with van der Waals surface area (Å²) in [7, 11) is 5.06. The van der Waals surface area contributed by atoms with Crippen molar-refractivity contribution in [3.05, 3.63) is 0 Å². The fourth-order valence-electron chi connectivity index (χ4n) is 6.57. The Balaban J connectivity index is 1.63. The third-order valence-electron chi connectivity index (χ3n) is 8.28. The van der Waals surface area contributed by atoms with Gasteiger partial charge in [-0.25, -0.2) is 0 Å². The number of nitrogens with zero attached hydrogens (tertiary/aromatic N) is 2. The SMILES string of the molecule is CCC1C[N+](C)(CCCCCC[N+]2(C)CC(CC)C(CC)C2)CC1CC. The van der Waals surface area contributed by atoms with E-state index in [1.165, 1.54) is 99.6 Å². The van der Waals surface area contributed by atoms with Gasteiger partial charge in [-0.2, -0.15) is 0 Å². The third-order valence-corrected chi connectivity index (χ3v) is 8.28. The van der Waals surface area contributed by atoms with Crippen LogP contribution < -0.4 is 0 Å². The Morgan fingerprint density at radius 3 is 1.00 bits per heavy atom. The molecule has 2 rings (SSSR count). The van der Waals surface area contributed by atoms with E-state index in [1.807, 2.05) is 0 Å². The molecule has 154 valence electrons. The van der Waals surface area contributed by atoms with Gasteiger partial charge in [0.1, 0.15) is 0 Å². The fraction of sp³-hybridized carbons (Fsp3) is 1.00. The van der Waals surface area contributed by atoms with Crippen LogP contribution in [0, 0.1) is 23.7 Å². The van der Waals surface area contributed by atoms with Crippen LogP contribution in [0.3, 0.4) is 0 Å². The minimum Gasteiger partial charge on any atom is -0.326 e. The second-order valence-corrected chi connectivity index (χ2v) is 10.5. The average molecular weight is 367 g/mol. The molecule has 0 bridgehead atoms. The standard InChI is InChI=1S/C24H50N2/c1-7-21-17-25(5,18-22(21)8-2)15-13-11-12-14-16-26(6)19-23(9-3)24(10-4)20-26/h21-24H,7-20H2,1-6H3/q+2. The van der Waals surface area contributed by atoms with E-state index in [4.69, 9.17) is 0 Å². The molecule has 2 heterocycles. The molecular formula is C24H50N2+2. The predicted molar refractivity (Wildman–Crippen MR) is 115 cm³/mol. The quantitative estimate of drug-likeness (QED) is 0.331. The molecule has 0 aliphatic carbocycles. The zero-order valence-corrected chi connectivity index (χ0v) is 19.1. The minimum atomic E-state index is 0.989. The number of unbranched alkanes of at least 4 members (excludes halogenated alkanes) is 3. The largest absolute Gasteiger partial charge is 0.326 e. The molecule has 2 aliphatic heterocycles. The molecule has 0 amide bonds. The van der Waals surface area contributed by atoms with Gasteiger partial charge in [-0.05, 0) is 51.4 Å². The van der Waals surface area contributed by atoms with Crippen LogP contribution in [0.2, 0.25) is 0 Å². The van der Waals surface area contributed by atoms with Crippen LogP contribution in [-0.2, 0) is 0 Å². The molecule has 0 N–H and O–H groups in total. The summed E-state index contributed by atoms with van der Waals surface area (Å²) in [5.41, 5.74) is 0. The second-order valence-electron chi connectivity index (χ2n) is 10.5. The van der Waals surface area contributed by atoms with Crippen molar-refractivity contribution in [1.82, 2.24) is 0 Å². The minimum absolute atomic E-state index is 0.989. The highest BCUT2D eigenvalue weighted by Crippen LogP contribution is 2.34. The molecule has 0 spiro atoms. The molecule has 0 aromatic heterocycles. The summed E-state index contributed by atoms with van der Waals surface area (Å²) in [5.74, 6) is 3.95. The van der Waals surface area contributed by atoms with Gasteiger partial charge in [0.05, 0.1) is 53.4 Å². The van der Waals surface area contributed by atoms with Gasteiger partial charge >= 0.3 is 0 Å². The summed E-state index contributed by atoms with van der Waals surface area (Å²) in [6.45, 7) is 18.2. The molecule has 0 radical (unpaired) electrons. The predicted octanol–water partition coefficient (Wildman–Crippen LogP) is 5.57. The van der Waals surface area contributed by atoms with Gasteiger partial charge in [-0.3, -0.25) is 0 Å². The van der Waals surface area contributed by atoms with Crippen LogP contribution in [0.25, 0.3) is 0 Å². The van der Waals surface area contributed by atoms with Gasteiger partial charge in [0, 0.05) is 23.7 Å². The van der Waals surface area contributed by atoms with E-state index in [9.17, 15) is 0 Å². The van der Waals surface area contributed by atoms with Crippen molar-refractivity contribution in [2.24, 2.45) is 23.7 Å². The molecule has 4 atom stereocenters. The van der Waals surface area contributed by atoms with E-state index in [0.717, 1.165) is 23.7 Å². The van der Waals surface area contributed by atoms with Gasteiger partial charge in [0.25, 0.3) is 0 Å². The van der Waals surface area contributed by atoms with E-state index in [0.29, 0.717) is 0 Å². The maximum absolute atomic E-state index is 2.53. The van der Waals surface area contributed by atoms with Gasteiger partial charge in [0.2, 0.25) is 0 Å². The Morgan fingerprint density at radius 1 is 0.500 bits per heavy atom. The zero-order valence-electron chi connectivity index (χ0n) is 19.1. The van der Waals surface area contributed by atoms with Crippen molar-refractivity contribution in [3.8, 4) is 0 Å². The molecule has 0 aromatic rings. The highest BCUT2D eigenvalue weighted by molar-refractivity contribution is 4.75. The van der Waals surface area contributed by atoms with Crippen LogP contribution in [-0.4, -0.2) is 62.3 Å². The summed E-state index contributed by atoms with van der Waals surface area (Å²) in [6.07, 6.45) is 11.4. The first-order chi connectivity index (χ1) is 12.4. The molecule has 2 heteroatoms. The molecule has 2 nitrogen and oxygen atoms in total. The first-order valence-corrected chi connectivity index (χ1v) is 12.1. The Hall–Kier alpha value is -0.0800. The van der Waals surface area contributed by atoms with Crippen LogP contribution in [0.1, 0.15) is 79.1 Å².